The summed E-state index contributed by atoms with van der Waals surface area (Å²) in [6, 6.07) is 10.0. The van der Waals surface area contributed by atoms with Gasteiger partial charge in [-0.2, -0.15) is 0 Å². The molecule has 1 aliphatic heterocycles. The maximum atomic E-state index is 13.2. The quantitative estimate of drug-likeness (QED) is 0.735. The van der Waals surface area contributed by atoms with E-state index < -0.39 is 24.2 Å². The van der Waals surface area contributed by atoms with Crippen LogP contribution in [-0.2, 0) is 9.53 Å². The van der Waals surface area contributed by atoms with Crippen LogP contribution in [0, 0.1) is 11.6 Å². The lowest BCUT2D eigenvalue weighted by molar-refractivity contribution is -0.134. The number of hydrogen-bond donors (Lipinski definition) is 0. The first-order chi connectivity index (χ1) is 13.5. The van der Waals surface area contributed by atoms with Gasteiger partial charge in [-0.3, -0.25) is 4.79 Å². The van der Waals surface area contributed by atoms with Gasteiger partial charge in [-0.1, -0.05) is 0 Å². The van der Waals surface area contributed by atoms with Gasteiger partial charge in [0, 0.05) is 37.9 Å². The van der Waals surface area contributed by atoms with Crippen molar-refractivity contribution in [1.82, 2.24) is 4.90 Å². The average molecular weight is 390 g/mol. The summed E-state index contributed by atoms with van der Waals surface area (Å²) < 4.78 is 36.4. The third-order valence-corrected chi connectivity index (χ3v) is 4.49. The molecule has 0 N–H and O–H groups in total. The third-order valence-electron chi connectivity index (χ3n) is 4.49. The van der Waals surface area contributed by atoms with Crippen LogP contribution in [0.4, 0.5) is 14.5 Å². The highest BCUT2D eigenvalue weighted by atomic mass is 19.1. The average Bonchev–Trinajstić information content (AvgIpc) is 2.71. The van der Waals surface area contributed by atoms with Gasteiger partial charge in [-0.15, -0.1) is 0 Å². The zero-order valence-corrected chi connectivity index (χ0v) is 15.4. The standard InChI is InChI=1S/C20H20F2N2O4/c1-27-18-4-2-17(3-5-18)23-6-8-24(9-7-23)19(25)13-28-20(26)14-10-15(21)12-16(22)11-14/h2-5,10-12H,6-9,13H2,1H3. The minimum Gasteiger partial charge on any atom is -0.497 e. The number of nitrogens with zero attached hydrogens (tertiary/aromatic N) is 2. The maximum Gasteiger partial charge on any atom is 0.338 e. The van der Waals surface area contributed by atoms with Crippen LogP contribution in [0.25, 0.3) is 0 Å². The number of carbonyl (C=O) groups is 2. The highest BCUT2D eigenvalue weighted by molar-refractivity contribution is 5.91. The van der Waals surface area contributed by atoms with E-state index in [9.17, 15) is 18.4 Å². The van der Waals surface area contributed by atoms with E-state index >= 15 is 0 Å². The van der Waals surface area contributed by atoms with E-state index in [0.29, 0.717) is 32.2 Å². The molecule has 0 bridgehead atoms. The van der Waals surface area contributed by atoms with Crippen molar-refractivity contribution in [3.8, 4) is 5.75 Å². The van der Waals surface area contributed by atoms with E-state index in [0.717, 1.165) is 23.6 Å². The van der Waals surface area contributed by atoms with Crippen molar-refractivity contribution < 1.29 is 27.8 Å². The molecule has 1 heterocycles. The number of ether oxygens (including phenoxy) is 2. The van der Waals surface area contributed by atoms with Crippen molar-refractivity contribution in [3.63, 3.8) is 0 Å². The largest absolute Gasteiger partial charge is 0.497 e. The number of amides is 1. The van der Waals surface area contributed by atoms with Crippen molar-refractivity contribution in [2.75, 3.05) is 44.8 Å². The van der Waals surface area contributed by atoms with Crippen molar-refractivity contribution in [2.24, 2.45) is 0 Å². The number of anilines is 1. The molecule has 8 heteroatoms. The predicted molar refractivity (Wildman–Crippen MR) is 98.4 cm³/mol. The van der Waals surface area contributed by atoms with Crippen molar-refractivity contribution in [1.29, 1.82) is 0 Å². The van der Waals surface area contributed by atoms with Gasteiger partial charge >= 0.3 is 5.97 Å². The van der Waals surface area contributed by atoms with Crippen LogP contribution < -0.4 is 9.64 Å². The summed E-state index contributed by atoms with van der Waals surface area (Å²) in [5, 5.41) is 0. The summed E-state index contributed by atoms with van der Waals surface area (Å²) in [4.78, 5) is 27.9. The molecule has 3 rings (SSSR count). The van der Waals surface area contributed by atoms with Crippen molar-refractivity contribution >= 4 is 17.6 Å². The Morgan fingerprint density at radius 2 is 1.57 bits per heavy atom. The lowest BCUT2D eigenvalue weighted by Gasteiger charge is -2.36. The fourth-order valence-electron chi connectivity index (χ4n) is 2.98. The zero-order valence-electron chi connectivity index (χ0n) is 15.4. The highest BCUT2D eigenvalue weighted by Gasteiger charge is 2.22. The molecule has 148 valence electrons. The van der Waals surface area contributed by atoms with Crippen molar-refractivity contribution in [2.45, 2.75) is 0 Å². The molecule has 0 unspecified atom stereocenters. The number of esters is 1. The molecule has 0 saturated carbocycles. The molecule has 0 aromatic heterocycles. The van der Waals surface area contributed by atoms with Gasteiger partial charge in [0.25, 0.3) is 5.91 Å². The van der Waals surface area contributed by atoms with E-state index in [2.05, 4.69) is 4.90 Å². The molecule has 2 aromatic rings. The molecule has 1 fully saturated rings. The Kier molecular flexibility index (Phi) is 6.08. The van der Waals surface area contributed by atoms with Gasteiger partial charge in [0.1, 0.15) is 17.4 Å². The summed E-state index contributed by atoms with van der Waals surface area (Å²) in [5.74, 6) is -2.28. The maximum absolute atomic E-state index is 13.2. The minimum absolute atomic E-state index is 0.269. The molecule has 6 nitrogen and oxygen atoms in total. The van der Waals surface area contributed by atoms with Crippen LogP contribution in [0.3, 0.4) is 0 Å². The lowest BCUT2D eigenvalue weighted by Crippen LogP contribution is -2.49. The molecule has 1 amide bonds. The number of piperazine rings is 1. The van der Waals surface area contributed by atoms with E-state index in [1.165, 1.54) is 0 Å². The molecule has 0 spiro atoms. The van der Waals surface area contributed by atoms with Crippen molar-refractivity contribution in [3.05, 3.63) is 59.7 Å². The molecule has 0 aliphatic carbocycles. The molecule has 0 radical (unpaired) electrons. The Bertz CT molecular complexity index is 830. The van der Waals surface area contributed by atoms with Gasteiger partial charge < -0.3 is 19.3 Å². The molecule has 1 saturated heterocycles. The second-order valence-corrected chi connectivity index (χ2v) is 6.30. The fourth-order valence-corrected chi connectivity index (χ4v) is 2.98. The van der Waals surface area contributed by atoms with Crippen LogP contribution in [0.5, 0.6) is 5.75 Å². The van der Waals surface area contributed by atoms with Gasteiger partial charge in [-0.05, 0) is 36.4 Å². The number of carbonyl (C=O) groups excluding carboxylic acids is 2. The summed E-state index contributed by atoms with van der Waals surface area (Å²) in [7, 11) is 1.61. The van der Waals surface area contributed by atoms with Crippen LogP contribution >= 0.6 is 0 Å². The predicted octanol–water partition coefficient (Wildman–Crippen LogP) is 2.48. The van der Waals surface area contributed by atoms with Crippen LogP contribution in [0.15, 0.2) is 42.5 Å². The van der Waals surface area contributed by atoms with Gasteiger partial charge in [0.15, 0.2) is 6.61 Å². The monoisotopic (exact) mass is 390 g/mol. The third kappa shape index (κ3) is 4.76. The molecule has 0 atom stereocenters. The Hall–Kier alpha value is -3.16. The molecule has 28 heavy (non-hydrogen) atoms. The number of rotatable bonds is 5. The van der Waals surface area contributed by atoms with Gasteiger partial charge in [0.2, 0.25) is 0 Å². The second kappa shape index (κ2) is 8.69. The van der Waals surface area contributed by atoms with Gasteiger partial charge in [0.05, 0.1) is 12.7 Å². The molecule has 1 aliphatic rings. The van der Waals surface area contributed by atoms with Crippen LogP contribution in [0.1, 0.15) is 10.4 Å². The summed E-state index contributed by atoms with van der Waals surface area (Å²) in [5.41, 5.74) is 0.766. The first-order valence-corrected chi connectivity index (χ1v) is 8.76. The first kappa shape index (κ1) is 19.6. The number of halogens is 2. The normalized spacial score (nSPS) is 14.0. The lowest BCUT2D eigenvalue weighted by atomic mass is 10.2. The highest BCUT2D eigenvalue weighted by Crippen LogP contribution is 2.20. The number of hydrogen-bond acceptors (Lipinski definition) is 5. The number of methoxy groups -OCH3 is 1. The smallest absolute Gasteiger partial charge is 0.338 e. The minimum atomic E-state index is -0.941. The SMILES string of the molecule is COc1ccc(N2CCN(C(=O)COC(=O)c3cc(F)cc(F)c3)CC2)cc1. The Morgan fingerprint density at radius 1 is 0.964 bits per heavy atom. The first-order valence-electron chi connectivity index (χ1n) is 8.76. The summed E-state index contributed by atoms with van der Waals surface area (Å²) >= 11 is 0. The molecular weight excluding hydrogens is 370 g/mol. The van der Waals surface area contributed by atoms with E-state index in [1.807, 2.05) is 24.3 Å². The Balaban J connectivity index is 1.48. The summed E-state index contributed by atoms with van der Waals surface area (Å²) in [6.45, 7) is 1.77. The second-order valence-electron chi connectivity index (χ2n) is 6.30. The van der Waals surface area contributed by atoms with E-state index in [4.69, 9.17) is 9.47 Å². The topological polar surface area (TPSA) is 59.1 Å². The van der Waals surface area contributed by atoms with E-state index in [-0.39, 0.29) is 11.5 Å². The zero-order chi connectivity index (χ0) is 20.1. The fraction of sp³-hybridized carbons (Fsp3) is 0.300. The molecule has 2 aromatic carbocycles. The van der Waals surface area contributed by atoms with Crippen LogP contribution in [0.2, 0.25) is 0 Å². The Morgan fingerprint density at radius 3 is 2.14 bits per heavy atom. The Labute approximate surface area is 161 Å². The van der Waals surface area contributed by atoms with Crippen LogP contribution in [-0.4, -0.2) is 56.7 Å². The van der Waals surface area contributed by atoms with E-state index in [1.54, 1.807) is 12.0 Å². The summed E-state index contributed by atoms with van der Waals surface area (Å²) in [6.07, 6.45) is 0. The van der Waals surface area contributed by atoms with Gasteiger partial charge in [-0.25, -0.2) is 13.6 Å². The number of benzene rings is 2. The molecular formula is C20H20F2N2O4.